The second kappa shape index (κ2) is 10.1. The highest BCUT2D eigenvalue weighted by molar-refractivity contribution is 5.81. The number of esters is 1. The Balaban J connectivity index is 1.96. The first kappa shape index (κ1) is 23.1. The largest absolute Gasteiger partial charge is 0.454 e. The molecule has 10 atom stereocenters. The molecular weight excluding hydrogens is 380 g/mol. The summed E-state index contributed by atoms with van der Waals surface area (Å²) in [6, 6.07) is 0. The van der Waals surface area contributed by atoms with E-state index in [1.165, 1.54) is 7.11 Å². The van der Waals surface area contributed by atoms with Crippen molar-refractivity contribution in [2.75, 3.05) is 20.3 Å². The molecule has 11 nitrogen and oxygen atoms in total. The van der Waals surface area contributed by atoms with E-state index in [-0.39, 0.29) is 13.2 Å². The molecule has 0 aromatic rings. The molecule has 10 unspecified atom stereocenters. The first-order valence-electron chi connectivity index (χ1n) is 8.86. The summed E-state index contributed by atoms with van der Waals surface area (Å²) in [4.78, 5) is 11.4. The van der Waals surface area contributed by atoms with Gasteiger partial charge in [0.15, 0.2) is 12.4 Å². The zero-order chi connectivity index (χ0) is 21.0. The van der Waals surface area contributed by atoms with Gasteiger partial charge in [-0.1, -0.05) is 6.58 Å². The van der Waals surface area contributed by atoms with Crippen LogP contribution in [-0.4, -0.2) is 113 Å². The molecule has 2 saturated heterocycles. The van der Waals surface area contributed by atoms with Gasteiger partial charge in [-0.05, 0) is 6.92 Å². The Labute approximate surface area is 162 Å². The highest BCUT2D eigenvalue weighted by Gasteiger charge is 2.47. The fourth-order valence-corrected chi connectivity index (χ4v) is 3.16. The third-order valence-electron chi connectivity index (χ3n) is 4.76. The Bertz CT molecular complexity index is 529. The molecule has 0 aromatic carbocycles. The lowest BCUT2D eigenvalue weighted by atomic mass is 9.95. The molecule has 28 heavy (non-hydrogen) atoms. The van der Waals surface area contributed by atoms with Crippen molar-refractivity contribution in [3.8, 4) is 0 Å². The molecule has 0 aliphatic carbocycles. The van der Waals surface area contributed by atoms with Gasteiger partial charge in [-0.3, -0.25) is 0 Å². The lowest BCUT2D eigenvalue weighted by Gasteiger charge is -2.43. The Kier molecular flexibility index (Phi) is 8.30. The normalized spacial score (nSPS) is 44.1. The Morgan fingerprint density at radius 2 is 1.57 bits per heavy atom. The summed E-state index contributed by atoms with van der Waals surface area (Å²) < 4.78 is 26.3. The maximum absolute atomic E-state index is 11.4. The average Bonchev–Trinajstić information content (AvgIpc) is 2.68. The van der Waals surface area contributed by atoms with Gasteiger partial charge < -0.3 is 49.2 Å². The molecule has 0 amide bonds. The van der Waals surface area contributed by atoms with Crippen LogP contribution in [0.4, 0.5) is 0 Å². The van der Waals surface area contributed by atoms with Crippen LogP contribution in [0.1, 0.15) is 6.92 Å². The molecule has 162 valence electrons. The highest BCUT2D eigenvalue weighted by Crippen LogP contribution is 2.26. The van der Waals surface area contributed by atoms with Gasteiger partial charge in [0.2, 0.25) is 0 Å². The van der Waals surface area contributed by atoms with E-state index in [1.54, 1.807) is 6.92 Å². The van der Waals surface area contributed by atoms with Crippen molar-refractivity contribution in [1.29, 1.82) is 0 Å². The third-order valence-corrected chi connectivity index (χ3v) is 4.76. The van der Waals surface area contributed by atoms with Gasteiger partial charge in [-0.25, -0.2) is 4.79 Å². The van der Waals surface area contributed by atoms with Gasteiger partial charge >= 0.3 is 5.97 Å². The van der Waals surface area contributed by atoms with Crippen molar-refractivity contribution in [2.24, 2.45) is 0 Å². The van der Waals surface area contributed by atoms with Crippen LogP contribution in [0.25, 0.3) is 0 Å². The van der Waals surface area contributed by atoms with Crippen LogP contribution in [0.15, 0.2) is 12.7 Å². The number of carbonyl (C=O) groups is 1. The zero-order valence-corrected chi connectivity index (χ0v) is 15.7. The van der Waals surface area contributed by atoms with Crippen molar-refractivity contribution in [1.82, 2.24) is 0 Å². The molecule has 11 heteroatoms. The Morgan fingerprint density at radius 1 is 0.964 bits per heavy atom. The van der Waals surface area contributed by atoms with Crippen LogP contribution < -0.4 is 0 Å². The van der Waals surface area contributed by atoms with E-state index in [2.05, 4.69) is 6.58 Å². The minimum Gasteiger partial charge on any atom is -0.454 e. The predicted octanol–water partition coefficient (Wildman–Crippen LogP) is -2.94. The Hall–Kier alpha value is -1.15. The molecule has 0 radical (unpaired) electrons. The third kappa shape index (κ3) is 5.06. The number of carbonyl (C=O) groups excluding carboxylic acids is 1. The van der Waals surface area contributed by atoms with Gasteiger partial charge in [0, 0.05) is 13.2 Å². The van der Waals surface area contributed by atoms with Crippen molar-refractivity contribution >= 4 is 5.97 Å². The van der Waals surface area contributed by atoms with Crippen LogP contribution in [0, 0.1) is 0 Å². The van der Waals surface area contributed by atoms with E-state index in [9.17, 15) is 30.3 Å². The lowest BCUT2D eigenvalue weighted by Crippen LogP contribution is -2.61. The minimum absolute atomic E-state index is 0.0422. The summed E-state index contributed by atoms with van der Waals surface area (Å²) in [6.07, 6.45) is -11.5. The van der Waals surface area contributed by atoms with E-state index >= 15 is 0 Å². The standard InChI is InChI=1S/C17H28O11/c1-4-10(18)28-16-7(2)26-9(12(20)14(16)22)6-25-17-15(23)13(21)11(19)8(27-17)5-24-3/h4,7-9,11-17,19-23H,1,5-6H2,2-3H3. The molecule has 2 aliphatic heterocycles. The maximum Gasteiger partial charge on any atom is 0.330 e. The zero-order valence-electron chi connectivity index (χ0n) is 15.7. The van der Waals surface area contributed by atoms with E-state index in [1.807, 2.05) is 0 Å². The first-order valence-corrected chi connectivity index (χ1v) is 8.86. The van der Waals surface area contributed by atoms with E-state index in [4.69, 9.17) is 23.7 Å². The SMILES string of the molecule is C=CC(=O)OC1C(C)OC(COC2OC(COC)C(O)C(O)C2O)C(O)C1O. The summed E-state index contributed by atoms with van der Waals surface area (Å²) in [5.41, 5.74) is 0. The van der Waals surface area contributed by atoms with Gasteiger partial charge in [0.05, 0.1) is 19.3 Å². The molecule has 0 bridgehead atoms. The van der Waals surface area contributed by atoms with Crippen LogP contribution >= 0.6 is 0 Å². The molecule has 0 aromatic heterocycles. The van der Waals surface area contributed by atoms with E-state index in [0.717, 1.165) is 6.08 Å². The van der Waals surface area contributed by atoms with E-state index < -0.39 is 67.2 Å². The first-order chi connectivity index (χ1) is 13.2. The molecule has 0 spiro atoms. The van der Waals surface area contributed by atoms with Crippen LogP contribution in [0.2, 0.25) is 0 Å². The summed E-state index contributed by atoms with van der Waals surface area (Å²) in [5.74, 6) is -0.767. The fourth-order valence-electron chi connectivity index (χ4n) is 3.16. The smallest absolute Gasteiger partial charge is 0.330 e. The monoisotopic (exact) mass is 408 g/mol. The number of methoxy groups -OCH3 is 1. The van der Waals surface area contributed by atoms with Gasteiger partial charge in [0.1, 0.15) is 42.7 Å². The molecule has 2 heterocycles. The number of aliphatic hydroxyl groups is 5. The van der Waals surface area contributed by atoms with Crippen LogP contribution in [0.3, 0.4) is 0 Å². The summed E-state index contributed by atoms with van der Waals surface area (Å²) in [7, 11) is 1.38. The predicted molar refractivity (Wildman–Crippen MR) is 90.9 cm³/mol. The van der Waals surface area contributed by atoms with Gasteiger partial charge in [0.25, 0.3) is 0 Å². The molecule has 2 aliphatic rings. The molecule has 0 saturated carbocycles. The number of hydrogen-bond donors (Lipinski definition) is 5. The second-order valence-electron chi connectivity index (χ2n) is 6.77. The molecule has 2 fully saturated rings. The van der Waals surface area contributed by atoms with E-state index in [0.29, 0.717) is 0 Å². The Morgan fingerprint density at radius 3 is 2.18 bits per heavy atom. The van der Waals surface area contributed by atoms with Crippen molar-refractivity contribution in [3.05, 3.63) is 12.7 Å². The number of ether oxygens (including phenoxy) is 5. The quantitative estimate of drug-likeness (QED) is 0.216. The summed E-state index contributed by atoms with van der Waals surface area (Å²) >= 11 is 0. The van der Waals surface area contributed by atoms with Crippen LogP contribution in [0.5, 0.6) is 0 Å². The second-order valence-corrected chi connectivity index (χ2v) is 6.77. The van der Waals surface area contributed by atoms with Crippen molar-refractivity contribution in [3.63, 3.8) is 0 Å². The highest BCUT2D eigenvalue weighted by atomic mass is 16.7. The summed E-state index contributed by atoms with van der Waals surface area (Å²) in [6.45, 7) is 4.46. The van der Waals surface area contributed by atoms with Gasteiger partial charge in [-0.2, -0.15) is 0 Å². The van der Waals surface area contributed by atoms with Crippen molar-refractivity contribution in [2.45, 2.75) is 68.1 Å². The van der Waals surface area contributed by atoms with Crippen molar-refractivity contribution < 1.29 is 54.0 Å². The topological polar surface area (TPSA) is 164 Å². The minimum atomic E-state index is -1.55. The number of aliphatic hydroxyl groups excluding tert-OH is 5. The molecule has 5 N–H and O–H groups in total. The molecule has 2 rings (SSSR count). The average molecular weight is 408 g/mol. The maximum atomic E-state index is 11.4. The number of hydrogen-bond acceptors (Lipinski definition) is 11. The summed E-state index contributed by atoms with van der Waals surface area (Å²) in [5, 5.41) is 50.4. The lowest BCUT2D eigenvalue weighted by molar-refractivity contribution is -0.314. The van der Waals surface area contributed by atoms with Gasteiger partial charge in [-0.15, -0.1) is 0 Å². The number of rotatable bonds is 7. The fraction of sp³-hybridized carbons (Fsp3) is 0.824. The van der Waals surface area contributed by atoms with Crippen LogP contribution in [-0.2, 0) is 28.5 Å². The molecular formula is C17H28O11.